The summed E-state index contributed by atoms with van der Waals surface area (Å²) in [6.45, 7) is -4.90. The molecule has 78 valence electrons. The second kappa shape index (κ2) is 4.12. The van der Waals surface area contributed by atoms with E-state index in [1.54, 1.807) is 0 Å². The molecule has 0 spiro atoms. The molecule has 1 heterocycles. The van der Waals surface area contributed by atoms with Gasteiger partial charge in [-0.15, -0.1) is 0 Å². The van der Waals surface area contributed by atoms with Gasteiger partial charge in [0.15, 0.2) is 0 Å². The Morgan fingerprint density at radius 2 is 2.14 bits per heavy atom. The van der Waals surface area contributed by atoms with Crippen LogP contribution in [0, 0.1) is 0 Å². The topological polar surface area (TPSA) is 30.0 Å². The highest BCUT2D eigenvalue weighted by atomic mass is 32.2. The zero-order valence-electron chi connectivity index (χ0n) is 7.41. The quantitative estimate of drug-likeness (QED) is 0.729. The van der Waals surface area contributed by atoms with E-state index in [9.17, 15) is 17.2 Å². The minimum absolute atomic E-state index is 0.000772. The Balaban J connectivity index is 3.02. The average Bonchev–Trinajstić information content (AvgIpc) is 2.01. The Morgan fingerprint density at radius 1 is 1.50 bits per heavy atom. The van der Waals surface area contributed by atoms with Crippen LogP contribution in [0.15, 0.2) is 23.4 Å². The summed E-state index contributed by atoms with van der Waals surface area (Å²) in [7, 11) is -1.48. The van der Waals surface area contributed by atoms with E-state index >= 15 is 0 Å². The third-order valence-corrected chi connectivity index (χ3v) is 2.49. The highest BCUT2D eigenvalue weighted by molar-refractivity contribution is 7.84. The Morgan fingerprint density at radius 3 is 2.64 bits per heavy atom. The third-order valence-electron chi connectivity index (χ3n) is 1.57. The van der Waals surface area contributed by atoms with Crippen LogP contribution in [0.3, 0.4) is 0 Å². The molecular weight excluding hydrogens is 214 g/mol. The van der Waals surface area contributed by atoms with Crippen molar-refractivity contribution in [2.75, 3.05) is 6.26 Å². The smallest absolute Gasteiger partial charge is 0.449 e. The van der Waals surface area contributed by atoms with Gasteiger partial charge >= 0.3 is 6.98 Å². The number of hydrogen-bond acceptors (Lipinski definition) is 2. The summed E-state index contributed by atoms with van der Waals surface area (Å²) in [6, 6.07) is 2.71. The van der Waals surface area contributed by atoms with Crippen molar-refractivity contribution in [1.29, 1.82) is 0 Å². The maximum atomic E-state index is 12.1. The van der Waals surface area contributed by atoms with Crippen LogP contribution in [0.5, 0.6) is 0 Å². The lowest BCUT2D eigenvalue weighted by Gasteiger charge is -2.14. The van der Waals surface area contributed by atoms with Crippen molar-refractivity contribution in [1.82, 2.24) is 4.98 Å². The molecular formula is C7H8BF3NOS-. The SMILES string of the molecule is CS(=O)c1ncccc1C[B-](F)(F)F. The molecule has 1 atom stereocenters. The van der Waals surface area contributed by atoms with Gasteiger partial charge in [0.05, 0.1) is 10.8 Å². The van der Waals surface area contributed by atoms with Crippen LogP contribution in [-0.4, -0.2) is 22.4 Å². The van der Waals surface area contributed by atoms with Gasteiger partial charge in [-0.25, -0.2) is 4.98 Å². The zero-order chi connectivity index (χ0) is 10.8. The van der Waals surface area contributed by atoms with Gasteiger partial charge in [-0.3, -0.25) is 4.21 Å². The lowest BCUT2D eigenvalue weighted by Crippen LogP contribution is -2.20. The van der Waals surface area contributed by atoms with Crippen LogP contribution in [-0.2, 0) is 17.1 Å². The summed E-state index contributed by atoms with van der Waals surface area (Å²) in [6.07, 6.45) is 1.63. The normalized spacial score (nSPS) is 14.0. The Labute approximate surface area is 82.1 Å². The van der Waals surface area contributed by atoms with Crippen LogP contribution >= 0.6 is 0 Å². The van der Waals surface area contributed by atoms with Gasteiger partial charge in [0, 0.05) is 12.5 Å². The fourth-order valence-electron chi connectivity index (χ4n) is 1.09. The lowest BCUT2D eigenvalue weighted by molar-refractivity contribution is 0.467. The molecule has 0 aromatic carbocycles. The minimum atomic E-state index is -4.90. The maximum absolute atomic E-state index is 12.1. The Bertz CT molecular complexity index is 355. The number of hydrogen-bond donors (Lipinski definition) is 0. The molecule has 1 aromatic heterocycles. The first-order valence-corrected chi connectivity index (χ1v) is 5.44. The van der Waals surface area contributed by atoms with Crippen molar-refractivity contribution in [3.05, 3.63) is 23.9 Å². The van der Waals surface area contributed by atoms with E-state index in [1.807, 2.05) is 0 Å². The van der Waals surface area contributed by atoms with Gasteiger partial charge in [-0.1, -0.05) is 12.4 Å². The van der Waals surface area contributed by atoms with Crippen LogP contribution in [0.2, 0.25) is 0 Å². The molecule has 0 fully saturated rings. The van der Waals surface area contributed by atoms with Gasteiger partial charge in [0.2, 0.25) is 0 Å². The van der Waals surface area contributed by atoms with Crippen molar-refractivity contribution < 1.29 is 17.2 Å². The number of halogens is 3. The summed E-state index contributed by atoms with van der Waals surface area (Å²) >= 11 is 0. The fraction of sp³-hybridized carbons (Fsp3) is 0.286. The number of nitrogens with zero attached hydrogens (tertiary/aromatic N) is 1. The second-order valence-electron chi connectivity index (χ2n) is 2.84. The highest BCUT2D eigenvalue weighted by Gasteiger charge is 2.25. The molecule has 0 saturated carbocycles. The van der Waals surface area contributed by atoms with Gasteiger partial charge < -0.3 is 12.9 Å². The molecule has 0 bridgehead atoms. The van der Waals surface area contributed by atoms with Crippen molar-refractivity contribution in [2.24, 2.45) is 0 Å². The molecule has 0 aliphatic heterocycles. The van der Waals surface area contributed by atoms with Crippen molar-refractivity contribution in [3.8, 4) is 0 Å². The third kappa shape index (κ3) is 3.14. The van der Waals surface area contributed by atoms with E-state index in [4.69, 9.17) is 0 Å². The number of pyridine rings is 1. The van der Waals surface area contributed by atoms with E-state index in [-0.39, 0.29) is 10.6 Å². The standard InChI is InChI=1S/C7H8BF3NOS/c1-14(13)7-6(3-2-4-12-7)5-8(9,10)11/h2-4H,5H2,1H3/q-1. The fourth-order valence-corrected chi connectivity index (χ4v) is 1.82. The zero-order valence-corrected chi connectivity index (χ0v) is 8.23. The first-order valence-electron chi connectivity index (χ1n) is 3.88. The highest BCUT2D eigenvalue weighted by Crippen LogP contribution is 2.19. The summed E-state index contributed by atoms with van der Waals surface area (Å²) in [5.41, 5.74) is 0.000772. The molecule has 1 unspecified atom stereocenters. The molecule has 2 nitrogen and oxygen atoms in total. The minimum Gasteiger partial charge on any atom is -0.449 e. The first-order chi connectivity index (χ1) is 6.40. The number of rotatable bonds is 3. The maximum Gasteiger partial charge on any atom is 0.482 e. The second-order valence-corrected chi connectivity index (χ2v) is 4.13. The molecule has 7 heteroatoms. The summed E-state index contributed by atoms with van der Waals surface area (Å²) in [4.78, 5) is 3.67. The van der Waals surface area contributed by atoms with E-state index in [2.05, 4.69) is 4.98 Å². The van der Waals surface area contributed by atoms with Gasteiger partial charge in [-0.05, 0) is 11.6 Å². The monoisotopic (exact) mass is 222 g/mol. The van der Waals surface area contributed by atoms with E-state index in [0.717, 1.165) is 0 Å². The van der Waals surface area contributed by atoms with Crippen LogP contribution in [0.25, 0.3) is 0 Å². The molecule has 1 rings (SSSR count). The van der Waals surface area contributed by atoms with Crippen molar-refractivity contribution in [3.63, 3.8) is 0 Å². The van der Waals surface area contributed by atoms with Crippen LogP contribution < -0.4 is 0 Å². The van der Waals surface area contributed by atoms with Gasteiger partial charge in [-0.2, -0.15) is 0 Å². The predicted molar refractivity (Wildman–Crippen MR) is 49.4 cm³/mol. The van der Waals surface area contributed by atoms with E-state index in [1.165, 1.54) is 24.6 Å². The largest absolute Gasteiger partial charge is 0.482 e. The lowest BCUT2D eigenvalue weighted by atomic mass is 9.82. The van der Waals surface area contributed by atoms with Crippen molar-refractivity contribution >= 4 is 17.8 Å². The molecule has 0 N–H and O–H groups in total. The van der Waals surface area contributed by atoms with Crippen LogP contribution in [0.1, 0.15) is 5.56 Å². The molecule has 0 amide bonds. The molecule has 0 aliphatic rings. The summed E-state index contributed by atoms with van der Waals surface area (Å²) < 4.78 is 47.4. The first kappa shape index (κ1) is 11.2. The molecule has 0 saturated heterocycles. The number of aromatic nitrogens is 1. The van der Waals surface area contributed by atoms with Gasteiger partial charge in [0.25, 0.3) is 0 Å². The molecule has 1 aromatic rings. The molecule has 0 aliphatic carbocycles. The van der Waals surface area contributed by atoms with E-state index in [0.29, 0.717) is 0 Å². The van der Waals surface area contributed by atoms with E-state index < -0.39 is 24.1 Å². The Hall–Kier alpha value is -0.845. The average molecular weight is 222 g/mol. The molecule has 0 radical (unpaired) electrons. The summed E-state index contributed by atoms with van der Waals surface area (Å²) in [5.74, 6) is 0. The van der Waals surface area contributed by atoms with Crippen LogP contribution in [0.4, 0.5) is 12.9 Å². The summed E-state index contributed by atoms with van der Waals surface area (Å²) in [5, 5.41) is 0.0201. The Kier molecular flexibility index (Phi) is 3.31. The molecule has 14 heavy (non-hydrogen) atoms. The van der Waals surface area contributed by atoms with Gasteiger partial charge in [0.1, 0.15) is 5.03 Å². The predicted octanol–water partition coefficient (Wildman–Crippen LogP) is 1.75. The van der Waals surface area contributed by atoms with Crippen molar-refractivity contribution in [2.45, 2.75) is 11.3 Å².